The summed E-state index contributed by atoms with van der Waals surface area (Å²) in [4.78, 5) is 0. The van der Waals surface area contributed by atoms with Crippen molar-refractivity contribution in [3.8, 4) is 6.07 Å². The van der Waals surface area contributed by atoms with E-state index in [9.17, 15) is 5.26 Å². The smallest absolute Gasteiger partial charge is 0.0998 e. The standard InChI is InChI=1S/C25H19ClN2/c1-18-5-4-6-19(13-18)16-28-17-22(24-7-2-3-8-25(24)28)14-21(15-27)20-9-11-23(26)12-10-20/h2-14,17H,16H2,1H3/b21-14-. The fourth-order valence-electron chi connectivity index (χ4n) is 3.49. The van der Waals surface area contributed by atoms with Gasteiger partial charge in [0.15, 0.2) is 0 Å². The Morgan fingerprint density at radius 1 is 1.04 bits per heavy atom. The topological polar surface area (TPSA) is 28.7 Å². The molecule has 2 nitrogen and oxygen atoms in total. The van der Waals surface area contributed by atoms with Gasteiger partial charge in [-0.15, -0.1) is 0 Å². The van der Waals surface area contributed by atoms with Crippen LogP contribution in [0.15, 0.2) is 79.0 Å². The molecule has 0 atom stereocenters. The van der Waals surface area contributed by atoms with Gasteiger partial charge in [0.25, 0.3) is 0 Å². The fraction of sp³-hybridized carbons (Fsp3) is 0.0800. The highest BCUT2D eigenvalue weighted by Gasteiger charge is 2.09. The van der Waals surface area contributed by atoms with Crippen LogP contribution in [0.4, 0.5) is 0 Å². The molecule has 0 fully saturated rings. The maximum Gasteiger partial charge on any atom is 0.0998 e. The first kappa shape index (κ1) is 18.1. The Morgan fingerprint density at radius 2 is 1.82 bits per heavy atom. The molecule has 4 aromatic rings. The Hall–Kier alpha value is -3.28. The maximum absolute atomic E-state index is 9.70. The van der Waals surface area contributed by atoms with E-state index in [1.807, 2.05) is 42.5 Å². The quantitative estimate of drug-likeness (QED) is 0.360. The molecule has 0 aliphatic heterocycles. The van der Waals surface area contributed by atoms with Gasteiger partial charge < -0.3 is 4.57 Å². The summed E-state index contributed by atoms with van der Waals surface area (Å²) in [5, 5.41) is 11.5. The average molecular weight is 383 g/mol. The molecule has 0 aliphatic rings. The molecule has 4 rings (SSSR count). The zero-order valence-corrected chi connectivity index (χ0v) is 16.3. The zero-order valence-electron chi connectivity index (χ0n) is 15.6. The predicted octanol–water partition coefficient (Wildman–Crippen LogP) is 6.72. The van der Waals surface area contributed by atoms with Crippen molar-refractivity contribution in [2.75, 3.05) is 0 Å². The Morgan fingerprint density at radius 3 is 2.57 bits per heavy atom. The van der Waals surface area contributed by atoms with Crippen molar-refractivity contribution >= 4 is 34.2 Å². The van der Waals surface area contributed by atoms with Gasteiger partial charge in [-0.25, -0.2) is 0 Å². The Kier molecular flexibility index (Phi) is 5.02. The minimum absolute atomic E-state index is 0.620. The summed E-state index contributed by atoms with van der Waals surface area (Å²) in [5.74, 6) is 0. The molecule has 0 amide bonds. The van der Waals surface area contributed by atoms with E-state index < -0.39 is 0 Å². The van der Waals surface area contributed by atoms with Gasteiger partial charge in [-0.3, -0.25) is 0 Å². The lowest BCUT2D eigenvalue weighted by atomic mass is 10.0. The van der Waals surface area contributed by atoms with E-state index in [2.05, 4.69) is 60.2 Å². The van der Waals surface area contributed by atoms with Crippen LogP contribution in [-0.2, 0) is 6.54 Å². The molecule has 0 bridgehead atoms. The molecule has 0 radical (unpaired) electrons. The number of aryl methyl sites for hydroxylation is 1. The van der Waals surface area contributed by atoms with Crippen molar-refractivity contribution in [2.24, 2.45) is 0 Å². The first-order valence-corrected chi connectivity index (χ1v) is 9.53. The number of allylic oxidation sites excluding steroid dienone is 1. The van der Waals surface area contributed by atoms with Gasteiger partial charge in [-0.05, 0) is 42.3 Å². The normalized spacial score (nSPS) is 11.5. The summed E-state index contributed by atoms with van der Waals surface area (Å²) in [6.07, 6.45) is 4.08. The largest absolute Gasteiger partial charge is 0.342 e. The van der Waals surface area contributed by atoms with Crippen LogP contribution in [0.25, 0.3) is 22.6 Å². The van der Waals surface area contributed by atoms with E-state index in [-0.39, 0.29) is 0 Å². The van der Waals surface area contributed by atoms with Crippen molar-refractivity contribution in [3.63, 3.8) is 0 Å². The monoisotopic (exact) mass is 382 g/mol. The summed E-state index contributed by atoms with van der Waals surface area (Å²) in [6.45, 7) is 2.90. The molecular weight excluding hydrogens is 364 g/mol. The molecule has 0 saturated heterocycles. The van der Waals surface area contributed by atoms with E-state index >= 15 is 0 Å². The van der Waals surface area contributed by atoms with Gasteiger partial charge in [0.1, 0.15) is 0 Å². The third kappa shape index (κ3) is 3.71. The molecule has 1 aromatic heterocycles. The van der Waals surface area contributed by atoms with Crippen LogP contribution >= 0.6 is 11.6 Å². The zero-order chi connectivity index (χ0) is 19.5. The first-order valence-electron chi connectivity index (χ1n) is 9.15. The van der Waals surface area contributed by atoms with Gasteiger partial charge in [-0.2, -0.15) is 5.26 Å². The van der Waals surface area contributed by atoms with Crippen molar-refractivity contribution in [2.45, 2.75) is 13.5 Å². The molecule has 0 N–H and O–H groups in total. The second-order valence-electron chi connectivity index (χ2n) is 6.90. The molecule has 0 unspecified atom stereocenters. The number of nitrogens with zero attached hydrogens (tertiary/aromatic N) is 2. The van der Waals surface area contributed by atoms with Crippen molar-refractivity contribution in [1.82, 2.24) is 4.57 Å². The van der Waals surface area contributed by atoms with Gasteiger partial charge >= 0.3 is 0 Å². The number of nitriles is 1. The molecule has 28 heavy (non-hydrogen) atoms. The van der Waals surface area contributed by atoms with Crippen LogP contribution in [-0.4, -0.2) is 4.57 Å². The number of fused-ring (bicyclic) bond motifs is 1. The number of benzene rings is 3. The predicted molar refractivity (Wildman–Crippen MR) is 117 cm³/mol. The van der Waals surface area contributed by atoms with Crippen molar-refractivity contribution in [1.29, 1.82) is 5.26 Å². The molecule has 0 spiro atoms. The Labute approximate surface area is 169 Å². The van der Waals surface area contributed by atoms with E-state index in [0.717, 1.165) is 28.6 Å². The van der Waals surface area contributed by atoms with Gasteiger partial charge in [0.2, 0.25) is 0 Å². The third-order valence-electron chi connectivity index (χ3n) is 4.83. The Balaban J connectivity index is 1.79. The number of hydrogen-bond donors (Lipinski definition) is 0. The molecule has 3 heteroatoms. The summed E-state index contributed by atoms with van der Waals surface area (Å²) >= 11 is 5.98. The molecule has 0 saturated carbocycles. The SMILES string of the molecule is Cc1cccc(Cn2cc(/C=C(/C#N)c3ccc(Cl)cc3)c3ccccc32)c1. The minimum Gasteiger partial charge on any atom is -0.342 e. The van der Waals surface area contributed by atoms with Crippen molar-refractivity contribution in [3.05, 3.63) is 106 Å². The van der Waals surface area contributed by atoms with Crippen LogP contribution < -0.4 is 0 Å². The average Bonchev–Trinajstić information content (AvgIpc) is 3.04. The summed E-state index contributed by atoms with van der Waals surface area (Å²) in [6, 6.07) is 26.6. The maximum atomic E-state index is 9.70. The van der Waals surface area contributed by atoms with Crippen LogP contribution in [0.5, 0.6) is 0 Å². The molecule has 0 aliphatic carbocycles. The van der Waals surface area contributed by atoms with Gasteiger partial charge in [0.05, 0.1) is 11.6 Å². The first-order chi connectivity index (χ1) is 13.6. The number of rotatable bonds is 4. The summed E-state index contributed by atoms with van der Waals surface area (Å²) in [7, 11) is 0. The molecular formula is C25H19ClN2. The molecule has 136 valence electrons. The van der Waals surface area contributed by atoms with E-state index in [1.165, 1.54) is 11.1 Å². The van der Waals surface area contributed by atoms with Crippen LogP contribution in [0.1, 0.15) is 22.3 Å². The number of hydrogen-bond acceptors (Lipinski definition) is 1. The Bertz CT molecular complexity index is 1210. The highest BCUT2D eigenvalue weighted by Crippen LogP contribution is 2.27. The highest BCUT2D eigenvalue weighted by atomic mass is 35.5. The second-order valence-corrected chi connectivity index (χ2v) is 7.33. The minimum atomic E-state index is 0.620. The van der Waals surface area contributed by atoms with E-state index in [4.69, 9.17) is 11.6 Å². The van der Waals surface area contributed by atoms with Crippen LogP contribution in [0.3, 0.4) is 0 Å². The lowest BCUT2D eigenvalue weighted by Gasteiger charge is -2.06. The summed E-state index contributed by atoms with van der Waals surface area (Å²) in [5.41, 5.74) is 6.19. The van der Waals surface area contributed by atoms with E-state index in [0.29, 0.717) is 10.6 Å². The van der Waals surface area contributed by atoms with Gasteiger partial charge in [-0.1, -0.05) is 71.8 Å². The summed E-state index contributed by atoms with van der Waals surface area (Å²) < 4.78 is 2.24. The van der Waals surface area contributed by atoms with Gasteiger partial charge in [0, 0.05) is 34.2 Å². The number of aromatic nitrogens is 1. The number of para-hydroxylation sites is 1. The third-order valence-corrected chi connectivity index (χ3v) is 5.08. The second kappa shape index (κ2) is 7.76. The number of halogens is 1. The lowest BCUT2D eigenvalue weighted by molar-refractivity contribution is 0.835. The van der Waals surface area contributed by atoms with Crippen molar-refractivity contribution < 1.29 is 0 Å². The van der Waals surface area contributed by atoms with Crippen LogP contribution in [0, 0.1) is 18.3 Å². The highest BCUT2D eigenvalue weighted by molar-refractivity contribution is 6.30. The lowest BCUT2D eigenvalue weighted by Crippen LogP contribution is -1.97. The van der Waals surface area contributed by atoms with Crippen LogP contribution in [0.2, 0.25) is 5.02 Å². The van der Waals surface area contributed by atoms with E-state index in [1.54, 1.807) is 0 Å². The molecule has 3 aromatic carbocycles. The molecule has 1 heterocycles. The fourth-order valence-corrected chi connectivity index (χ4v) is 3.62.